The van der Waals surface area contributed by atoms with Gasteiger partial charge in [-0.05, 0) is 0 Å². The van der Waals surface area contributed by atoms with Crippen molar-refractivity contribution in [2.24, 2.45) is 0 Å². The van der Waals surface area contributed by atoms with Crippen LogP contribution in [0.3, 0.4) is 0 Å². The summed E-state index contributed by atoms with van der Waals surface area (Å²) in [5.41, 5.74) is 0. The fourth-order valence-electron chi connectivity index (χ4n) is 0. The Morgan fingerprint density at radius 1 is 0.0508 bits per heavy atom. The first-order chi connectivity index (χ1) is 0. The molecule has 296 valence electrons. The molecular formula is H15Cl37K22. The molecule has 0 rings (SSSR count). The molecule has 0 spiro atoms. The van der Waals surface area contributed by atoms with Crippen molar-refractivity contribution < 1.29 is 1400 Å². The Hall–Kier alpha value is 46.7. The van der Waals surface area contributed by atoms with Gasteiger partial charge in [0.1, 0.15) is 0 Å². The zero-order chi connectivity index (χ0) is 0. The predicted octanol–water partition coefficient (Wildman–Crippen LogP) is -125. The molecule has 0 radical (unpaired) electrons. The monoisotopic (exact) mass is 2170 g/mol. The van der Waals surface area contributed by atoms with E-state index in [-0.39, 0.29) is 1590 Å². The fraction of sp³-hybridized carbons (Fsp3) is 0. The van der Waals surface area contributed by atoms with Gasteiger partial charge in [0.05, 0.1) is 0 Å². The average Bonchev–Trinajstić information content (AvgIpc) is 0. The van der Waals surface area contributed by atoms with E-state index in [1.54, 1.807) is 0 Å². The second-order valence-corrected chi connectivity index (χ2v) is 0. The van der Waals surface area contributed by atoms with Gasteiger partial charge < -0.3 is 273 Å². The van der Waals surface area contributed by atoms with Crippen LogP contribution in [0, 0.1) is 0 Å². The van der Waals surface area contributed by atoms with Gasteiger partial charge in [0.15, 0.2) is 0 Å². The van der Waals surface area contributed by atoms with Crippen LogP contribution in [0.25, 0.3) is 0 Å². The first-order valence-corrected chi connectivity index (χ1v) is 0. The van der Waals surface area contributed by atoms with Crippen LogP contribution in [-0.2, 0) is 0 Å². The van der Waals surface area contributed by atoms with E-state index in [0.717, 1.165) is 0 Å². The Bertz CT molecular complexity index is 56.2. The summed E-state index contributed by atoms with van der Waals surface area (Å²) in [6.45, 7) is 0. The summed E-state index contributed by atoms with van der Waals surface area (Å²) in [6.07, 6.45) is 0. The molecule has 0 N–H and O–H groups in total. The van der Waals surface area contributed by atoms with Crippen molar-refractivity contribution in [1.82, 2.24) is 0 Å². The van der Waals surface area contributed by atoms with Crippen LogP contribution in [0.4, 0.5) is 0 Å². The van der Waals surface area contributed by atoms with Crippen LogP contribution in [0.2, 0.25) is 0 Å². The second kappa shape index (κ2) is 516. The molecule has 59 heteroatoms. The van der Waals surface area contributed by atoms with E-state index in [9.17, 15) is 0 Å². The van der Waals surface area contributed by atoms with Crippen molar-refractivity contribution in [3.05, 3.63) is 0 Å². The largest absolute Gasteiger partial charge is 1.00 e. The smallest absolute Gasteiger partial charge is 1.00 e. The molecule has 0 saturated heterocycles. The Morgan fingerprint density at radius 2 is 0.0508 bits per heavy atom. The molecule has 0 aromatic rings. The summed E-state index contributed by atoms with van der Waals surface area (Å²) in [7, 11) is 0. The Morgan fingerprint density at radius 3 is 0.0508 bits per heavy atom. The predicted molar refractivity (Wildman–Crippen MR) is 109 cm³/mol. The van der Waals surface area contributed by atoms with E-state index in [4.69, 9.17) is 0 Å². The third kappa shape index (κ3) is 506. The minimum atomic E-state index is 0. The third-order valence-corrected chi connectivity index (χ3v) is 0. The minimum Gasteiger partial charge on any atom is -1.00 e. The fourth-order valence-corrected chi connectivity index (χ4v) is 0. The van der Waals surface area contributed by atoms with Crippen LogP contribution < -0.4 is 1400 Å². The molecule has 0 aliphatic carbocycles. The van der Waals surface area contributed by atoms with Gasteiger partial charge in [-0.1, -0.05) is 0 Å². The molecule has 0 amide bonds. The number of rotatable bonds is 0. The molecule has 0 saturated carbocycles. The normalized spacial score (nSPS) is 0. The molecule has 0 aliphatic rings. The summed E-state index contributed by atoms with van der Waals surface area (Å²) >= 11 is 0. The summed E-state index contributed by atoms with van der Waals surface area (Å²) in [6, 6.07) is 0. The van der Waals surface area contributed by atoms with Crippen molar-refractivity contribution >= 4 is 186 Å². The molecule has 0 aliphatic heterocycles. The van der Waals surface area contributed by atoms with Gasteiger partial charge in [-0.25, -0.2) is 0 Å². The Labute approximate surface area is 1530 Å². The molecule has 0 heterocycles. The van der Waals surface area contributed by atoms with Gasteiger partial charge in [0, 0.05) is 0 Å². The van der Waals surface area contributed by atoms with E-state index in [1.165, 1.54) is 0 Å². The quantitative estimate of drug-likeness (QED) is 0.212. The SMILES string of the molecule is Cl.Cl.Cl.Cl.Cl.Cl.Cl.Cl.Cl.Cl.Cl.Cl.Cl.Cl.Cl.[Cl-].[Cl-].[Cl-].[Cl-].[Cl-].[Cl-].[Cl-].[Cl-].[Cl-].[Cl-].[Cl-].[Cl-].[Cl-].[Cl-].[Cl-].[Cl-].[Cl-].[Cl-].[Cl-].[Cl-].[Cl-].[Cl-].[K+].[K+].[K+].[K+].[K+].[K+].[K+].[K+].[K+].[K+].[K+].[K+].[K+].[K+].[K+].[K+].[K+].[K+].[K+].[K+].[K+].[K+]. The van der Waals surface area contributed by atoms with Crippen LogP contribution in [0.1, 0.15) is 0 Å². The molecule has 59 heavy (non-hydrogen) atoms. The van der Waals surface area contributed by atoms with Gasteiger partial charge >= 0.3 is 1130 Å². The Kier molecular flexibility index (Phi) is 4640. The molecule has 0 aromatic heterocycles. The summed E-state index contributed by atoms with van der Waals surface area (Å²) < 4.78 is 0. The van der Waals surface area contributed by atoms with Gasteiger partial charge in [0.2, 0.25) is 0 Å². The van der Waals surface area contributed by atoms with Gasteiger partial charge in [0.25, 0.3) is 0 Å². The van der Waals surface area contributed by atoms with Crippen molar-refractivity contribution in [3.8, 4) is 0 Å². The summed E-state index contributed by atoms with van der Waals surface area (Å²) in [5, 5.41) is 0. The minimum absolute atomic E-state index is 0. The van der Waals surface area contributed by atoms with Crippen LogP contribution in [-0.4, -0.2) is 0 Å². The third-order valence-electron chi connectivity index (χ3n) is 0. The molecule has 0 aromatic carbocycles. The summed E-state index contributed by atoms with van der Waals surface area (Å²) in [5.74, 6) is 0. The maximum Gasteiger partial charge on any atom is 1.00 e. The molecule has 0 fully saturated rings. The van der Waals surface area contributed by atoms with Crippen molar-refractivity contribution in [1.29, 1.82) is 0 Å². The number of hydrogen-bond donors (Lipinski definition) is 0. The Balaban J connectivity index is 0. The summed E-state index contributed by atoms with van der Waals surface area (Å²) in [4.78, 5) is 0. The molecule has 0 bridgehead atoms. The van der Waals surface area contributed by atoms with Crippen molar-refractivity contribution in [2.45, 2.75) is 0 Å². The van der Waals surface area contributed by atoms with E-state index in [0.29, 0.717) is 0 Å². The van der Waals surface area contributed by atoms with Crippen LogP contribution >= 0.6 is 186 Å². The van der Waals surface area contributed by atoms with E-state index in [2.05, 4.69) is 0 Å². The number of hydrogen-bond acceptors (Lipinski definition) is 0. The topological polar surface area (TPSA) is 0 Å². The molecule has 0 unspecified atom stereocenters. The van der Waals surface area contributed by atoms with E-state index in [1.807, 2.05) is 0 Å². The van der Waals surface area contributed by atoms with Crippen LogP contribution in [0.15, 0.2) is 0 Å². The zero-order valence-corrected chi connectivity index (χ0v) is 134. The molecule has 0 nitrogen and oxygen atoms in total. The van der Waals surface area contributed by atoms with Crippen molar-refractivity contribution in [2.75, 3.05) is 0 Å². The first-order valence-electron chi connectivity index (χ1n) is 0. The van der Waals surface area contributed by atoms with E-state index < -0.39 is 0 Å². The molecule has 0 atom stereocenters. The maximum absolute atomic E-state index is 0. The second-order valence-electron chi connectivity index (χ2n) is 0. The zero-order valence-electron chi connectivity index (χ0n) is 36.4. The number of halogens is 37. The van der Waals surface area contributed by atoms with Gasteiger partial charge in [-0.2, -0.15) is 0 Å². The maximum atomic E-state index is 0. The van der Waals surface area contributed by atoms with Crippen LogP contribution in [0.5, 0.6) is 0 Å². The van der Waals surface area contributed by atoms with Crippen molar-refractivity contribution in [3.63, 3.8) is 0 Å². The van der Waals surface area contributed by atoms with Gasteiger partial charge in [-0.3, -0.25) is 0 Å². The van der Waals surface area contributed by atoms with E-state index >= 15 is 0 Å². The average molecular weight is 2190 g/mol. The van der Waals surface area contributed by atoms with Gasteiger partial charge in [-0.15, -0.1) is 186 Å². The first kappa shape index (κ1) is 531. The molecular weight excluding hydrogens is 2170 g/mol. The standard InChI is InChI=1S/37ClH.22K/h37*1H;;;;;;;;;;;;;;;;;;;;;;/q;;;;;;;;;;;;;;;;;;;;;;;;;;;;;;;;;;;;;22*+1/p-22.